The number of carbonyl (C=O) groups excluding carboxylic acids is 1. The quantitative estimate of drug-likeness (QED) is 0.184. The van der Waals surface area contributed by atoms with Crippen molar-refractivity contribution in [1.82, 2.24) is 20.4 Å². The Morgan fingerprint density at radius 2 is 2.03 bits per heavy atom. The number of hydrogen-bond donors (Lipinski definition) is 3. The molecule has 31 heavy (non-hydrogen) atoms. The molecule has 1 heterocycles. The van der Waals surface area contributed by atoms with E-state index in [0.717, 1.165) is 29.7 Å². The third kappa shape index (κ3) is 9.28. The number of nitrogens with zero attached hydrogens (tertiary/aromatic N) is 3. The monoisotopic (exact) mass is 538 g/mol. The topological polar surface area (TPSA) is 83.3 Å². The molecule has 1 aromatic carbocycles. The molecule has 7 nitrogen and oxygen atoms in total. The number of rotatable bonds is 10. The third-order valence-corrected chi connectivity index (χ3v) is 5.57. The molecule has 3 N–H and O–H groups in total. The fraction of sp³-hybridized carbons (Fsp3) is 0.522. The van der Waals surface area contributed by atoms with E-state index in [2.05, 4.69) is 26.0 Å². The molecule has 0 aliphatic heterocycles. The number of guanidine groups is 1. The first kappa shape index (κ1) is 25.2. The summed E-state index contributed by atoms with van der Waals surface area (Å²) < 4.78 is 1.60. The highest BCUT2D eigenvalue weighted by Gasteiger charge is 2.13. The highest BCUT2D eigenvalue weighted by atomic mass is 127. The van der Waals surface area contributed by atoms with Crippen LogP contribution >= 0.6 is 24.0 Å². The number of benzene rings is 1. The van der Waals surface area contributed by atoms with E-state index in [9.17, 15) is 4.79 Å². The standard InChI is InChI=1S/C23H34N6O.HI/c1-24-23(25-13-5-4-10-19-8-2-3-9-19)26-17-20-11-6-12-21(16-20)28-22(30)18-29-15-7-14-27-29;/h6-7,11-12,14-16,19H,2-5,8-10,13,17-18H2,1H3,(H,28,30)(H2,24,25,26);1H. The summed E-state index contributed by atoms with van der Waals surface area (Å²) in [6.45, 7) is 1.79. The first-order valence-corrected chi connectivity index (χ1v) is 11.0. The van der Waals surface area contributed by atoms with Gasteiger partial charge in [-0.3, -0.25) is 14.5 Å². The van der Waals surface area contributed by atoms with Crippen LogP contribution in [0.5, 0.6) is 0 Å². The van der Waals surface area contributed by atoms with Gasteiger partial charge in [-0.05, 0) is 36.1 Å². The first-order valence-electron chi connectivity index (χ1n) is 11.0. The molecule has 3 rings (SSSR count). The summed E-state index contributed by atoms with van der Waals surface area (Å²) >= 11 is 0. The van der Waals surface area contributed by atoms with Gasteiger partial charge < -0.3 is 16.0 Å². The molecule has 1 aromatic heterocycles. The molecule has 0 spiro atoms. The molecular formula is C23H35IN6O. The second-order valence-corrected chi connectivity index (χ2v) is 7.95. The molecule has 8 heteroatoms. The van der Waals surface area contributed by atoms with Crippen molar-refractivity contribution in [2.45, 2.75) is 58.0 Å². The van der Waals surface area contributed by atoms with Gasteiger partial charge in [-0.25, -0.2) is 0 Å². The predicted molar refractivity (Wildman–Crippen MR) is 137 cm³/mol. The Morgan fingerprint density at radius 3 is 2.77 bits per heavy atom. The van der Waals surface area contributed by atoms with E-state index in [4.69, 9.17) is 0 Å². The fourth-order valence-corrected chi connectivity index (χ4v) is 3.97. The average molecular weight is 538 g/mol. The van der Waals surface area contributed by atoms with Crippen LogP contribution in [0.15, 0.2) is 47.7 Å². The Kier molecular flexibility index (Phi) is 11.4. The number of carbonyl (C=O) groups is 1. The van der Waals surface area contributed by atoms with E-state index in [0.29, 0.717) is 6.54 Å². The van der Waals surface area contributed by atoms with Gasteiger partial charge in [-0.15, -0.1) is 24.0 Å². The minimum atomic E-state index is -0.0983. The number of aliphatic imine (C=N–C) groups is 1. The number of hydrogen-bond acceptors (Lipinski definition) is 3. The minimum absolute atomic E-state index is 0. The van der Waals surface area contributed by atoms with Crippen molar-refractivity contribution in [1.29, 1.82) is 0 Å². The molecule has 0 unspecified atom stereocenters. The number of aromatic nitrogens is 2. The van der Waals surface area contributed by atoms with Gasteiger partial charge in [0, 0.05) is 38.2 Å². The summed E-state index contributed by atoms with van der Waals surface area (Å²) in [6.07, 6.45) is 13.0. The largest absolute Gasteiger partial charge is 0.356 e. The Hall–Kier alpha value is -2.10. The molecule has 1 aliphatic rings. The molecule has 0 bridgehead atoms. The highest BCUT2D eigenvalue weighted by Crippen LogP contribution is 2.28. The lowest BCUT2D eigenvalue weighted by molar-refractivity contribution is -0.116. The van der Waals surface area contributed by atoms with Crippen molar-refractivity contribution in [3.05, 3.63) is 48.3 Å². The molecule has 170 valence electrons. The smallest absolute Gasteiger partial charge is 0.246 e. The van der Waals surface area contributed by atoms with E-state index in [1.165, 1.54) is 44.9 Å². The molecule has 1 aliphatic carbocycles. The van der Waals surface area contributed by atoms with Crippen molar-refractivity contribution in [3.63, 3.8) is 0 Å². The molecule has 0 saturated heterocycles. The SMILES string of the molecule is CN=C(NCCCCC1CCCC1)NCc1cccc(NC(=O)Cn2cccn2)c1.I. The number of nitrogens with one attached hydrogen (secondary N) is 3. The van der Waals surface area contributed by atoms with Crippen LogP contribution in [-0.4, -0.2) is 35.2 Å². The van der Waals surface area contributed by atoms with Gasteiger partial charge in [-0.1, -0.05) is 50.7 Å². The number of amides is 1. The zero-order valence-electron chi connectivity index (χ0n) is 18.3. The summed E-state index contributed by atoms with van der Waals surface area (Å²) in [5, 5.41) is 13.7. The summed E-state index contributed by atoms with van der Waals surface area (Å²) in [7, 11) is 1.79. The maximum Gasteiger partial charge on any atom is 0.246 e. The lowest BCUT2D eigenvalue weighted by atomic mass is 10.0. The molecule has 0 radical (unpaired) electrons. The lowest BCUT2D eigenvalue weighted by Gasteiger charge is -2.13. The number of halogens is 1. The maximum atomic E-state index is 12.1. The molecule has 1 amide bonds. The zero-order valence-corrected chi connectivity index (χ0v) is 20.7. The molecule has 1 saturated carbocycles. The molecule has 2 aromatic rings. The van der Waals surface area contributed by atoms with E-state index in [-0.39, 0.29) is 36.4 Å². The van der Waals surface area contributed by atoms with Crippen LogP contribution in [-0.2, 0) is 17.9 Å². The first-order chi connectivity index (χ1) is 14.7. The van der Waals surface area contributed by atoms with Crippen LogP contribution in [0.2, 0.25) is 0 Å². The Morgan fingerprint density at radius 1 is 1.19 bits per heavy atom. The third-order valence-electron chi connectivity index (χ3n) is 5.57. The van der Waals surface area contributed by atoms with E-state index in [1.807, 2.05) is 24.3 Å². The predicted octanol–water partition coefficient (Wildman–Crippen LogP) is 4.17. The normalized spacial score (nSPS) is 14.2. The fourth-order valence-electron chi connectivity index (χ4n) is 3.97. The molecular weight excluding hydrogens is 503 g/mol. The Labute approximate surface area is 202 Å². The number of unbranched alkanes of at least 4 members (excludes halogenated alkanes) is 1. The minimum Gasteiger partial charge on any atom is -0.356 e. The van der Waals surface area contributed by atoms with E-state index in [1.54, 1.807) is 30.2 Å². The second kappa shape index (κ2) is 14.1. The van der Waals surface area contributed by atoms with Gasteiger partial charge >= 0.3 is 0 Å². The Bertz CT molecular complexity index is 802. The number of anilines is 1. The second-order valence-electron chi connectivity index (χ2n) is 7.95. The van der Waals surface area contributed by atoms with Crippen molar-refractivity contribution >= 4 is 41.5 Å². The van der Waals surface area contributed by atoms with Gasteiger partial charge in [0.25, 0.3) is 0 Å². The average Bonchev–Trinajstić information content (AvgIpc) is 3.44. The summed E-state index contributed by atoms with van der Waals surface area (Å²) in [5.41, 5.74) is 1.86. The zero-order chi connectivity index (χ0) is 21.0. The van der Waals surface area contributed by atoms with Gasteiger partial charge in [0.1, 0.15) is 6.54 Å². The van der Waals surface area contributed by atoms with Crippen molar-refractivity contribution in [3.8, 4) is 0 Å². The summed E-state index contributed by atoms with van der Waals surface area (Å²) in [5.74, 6) is 1.68. The van der Waals surface area contributed by atoms with Crippen LogP contribution < -0.4 is 16.0 Å². The molecule has 1 fully saturated rings. The highest BCUT2D eigenvalue weighted by molar-refractivity contribution is 14.0. The van der Waals surface area contributed by atoms with Gasteiger partial charge in [0.05, 0.1) is 0 Å². The van der Waals surface area contributed by atoms with Crippen LogP contribution in [0.1, 0.15) is 50.5 Å². The van der Waals surface area contributed by atoms with Crippen molar-refractivity contribution in [2.24, 2.45) is 10.9 Å². The lowest BCUT2D eigenvalue weighted by Crippen LogP contribution is -2.37. The van der Waals surface area contributed by atoms with Crippen molar-refractivity contribution in [2.75, 3.05) is 18.9 Å². The Balaban J connectivity index is 0.00000341. The van der Waals surface area contributed by atoms with E-state index < -0.39 is 0 Å². The van der Waals surface area contributed by atoms with Gasteiger partial charge in [-0.2, -0.15) is 5.10 Å². The van der Waals surface area contributed by atoms with Crippen LogP contribution in [0.3, 0.4) is 0 Å². The van der Waals surface area contributed by atoms with Crippen LogP contribution in [0, 0.1) is 5.92 Å². The van der Waals surface area contributed by atoms with Crippen molar-refractivity contribution < 1.29 is 4.79 Å². The van der Waals surface area contributed by atoms with Gasteiger partial charge in [0.15, 0.2) is 5.96 Å². The van der Waals surface area contributed by atoms with Crippen LogP contribution in [0.4, 0.5) is 5.69 Å². The molecule has 0 atom stereocenters. The summed E-state index contributed by atoms with van der Waals surface area (Å²) in [6, 6.07) is 9.64. The van der Waals surface area contributed by atoms with Crippen LogP contribution in [0.25, 0.3) is 0 Å². The van der Waals surface area contributed by atoms with Gasteiger partial charge in [0.2, 0.25) is 5.91 Å². The maximum absolute atomic E-state index is 12.1. The van der Waals surface area contributed by atoms with E-state index >= 15 is 0 Å². The summed E-state index contributed by atoms with van der Waals surface area (Å²) in [4.78, 5) is 16.4.